The normalized spacial score (nSPS) is 23.1. The topological polar surface area (TPSA) is 215 Å². The lowest BCUT2D eigenvalue weighted by molar-refractivity contribution is -0.172. The van der Waals surface area contributed by atoms with Crippen LogP contribution in [0.2, 0.25) is 5.02 Å². The van der Waals surface area contributed by atoms with E-state index in [1.165, 1.54) is 0 Å². The molecule has 1 saturated carbocycles. The van der Waals surface area contributed by atoms with Crippen LogP contribution in [0, 0.1) is 36.5 Å². The Balaban J connectivity index is 0.745. The van der Waals surface area contributed by atoms with Crippen molar-refractivity contribution in [3.05, 3.63) is 109 Å². The highest BCUT2D eigenvalue weighted by Crippen LogP contribution is 2.41. The summed E-state index contributed by atoms with van der Waals surface area (Å²) in [6.07, 6.45) is 13.5. The van der Waals surface area contributed by atoms with E-state index in [9.17, 15) is 34.3 Å². The van der Waals surface area contributed by atoms with Crippen molar-refractivity contribution in [2.75, 3.05) is 47.3 Å². The lowest BCUT2D eigenvalue weighted by atomic mass is 9.86. The van der Waals surface area contributed by atoms with Crippen molar-refractivity contribution in [3.8, 4) is 41.3 Å². The third-order valence-electron chi connectivity index (χ3n) is 16.1. The van der Waals surface area contributed by atoms with E-state index in [0.717, 1.165) is 48.0 Å². The van der Waals surface area contributed by atoms with Crippen LogP contribution in [0.4, 0.5) is 4.79 Å². The monoisotopic (exact) mass is 1070 g/mol. The van der Waals surface area contributed by atoms with Gasteiger partial charge in [-0.2, -0.15) is 5.26 Å². The summed E-state index contributed by atoms with van der Waals surface area (Å²) in [6.45, 7) is 7.30. The summed E-state index contributed by atoms with van der Waals surface area (Å²) >= 11 is 6.36. The number of cyclic esters (lactones) is 1. The van der Waals surface area contributed by atoms with Gasteiger partial charge in [-0.3, -0.25) is 24.8 Å². The van der Waals surface area contributed by atoms with Crippen molar-refractivity contribution in [3.63, 3.8) is 0 Å². The zero-order valence-corrected chi connectivity index (χ0v) is 44.9. The smallest absolute Gasteiger partial charge is 0.415 e. The minimum atomic E-state index is -1.94. The first kappa shape index (κ1) is 52.8. The van der Waals surface area contributed by atoms with E-state index < -0.39 is 29.7 Å². The number of piperidine rings is 1. The molecule has 3 atom stereocenters. The number of carbonyl (C=O) groups excluding carboxylic acids is 4. The van der Waals surface area contributed by atoms with Crippen molar-refractivity contribution < 1.29 is 38.5 Å². The first-order valence-corrected chi connectivity index (χ1v) is 26.6. The number of aliphatic hydroxyl groups is 1. The second-order valence-electron chi connectivity index (χ2n) is 21.3. The molecule has 2 aromatic carbocycles. The molecular weight excluding hydrogens is 1000 g/mol. The zero-order valence-electron chi connectivity index (χ0n) is 44.2. The standard InChI is InChI=1S/C57H63ClN10O9/c1-8-38-29-66(56(73)77-48-18-15-44-40(41(48)30-63(5)6)24-36-28-68-46(51(36)61-44)25-43-42(54(68)71)31-75-55(72)57(43,74)9-2)32(3)27-67(38)53(70)34-20-22-65(23-21-34)49-19-16-45(64(7)62-49)52(69)60-37-11-13-39(14-12-37)76-47-17-10-35(26-59)50(58)33(47)4/h1,10,15-19,24-25,32,34,37-39,62,74H,9,11-14,20-23,27-31H2,2-7H3,(H,60,69)/t32-,37?,38+,39?,57+/m1/s1. The number of nitrogens with one attached hydrogen (secondary N) is 2. The minimum absolute atomic E-state index is 0.00104. The fourth-order valence-electron chi connectivity index (χ4n) is 11.6. The number of terminal acetylenes is 1. The van der Waals surface area contributed by atoms with E-state index in [-0.39, 0.29) is 79.2 Å². The van der Waals surface area contributed by atoms with Crippen LogP contribution in [0.15, 0.2) is 64.9 Å². The summed E-state index contributed by atoms with van der Waals surface area (Å²) in [6, 6.07) is 11.6. The fourth-order valence-corrected chi connectivity index (χ4v) is 11.8. The maximum absolute atomic E-state index is 14.3. The molecule has 0 spiro atoms. The zero-order chi connectivity index (χ0) is 54.6. The first-order valence-electron chi connectivity index (χ1n) is 26.3. The van der Waals surface area contributed by atoms with Crippen molar-refractivity contribution in [2.45, 2.75) is 115 Å². The highest BCUT2D eigenvalue weighted by Gasteiger charge is 2.46. The number of amides is 3. The number of likely N-dealkylation sites (N-methyl/N-ethyl adjacent to an activating group) is 1. The third kappa shape index (κ3) is 9.81. The Morgan fingerprint density at radius 3 is 2.47 bits per heavy atom. The highest BCUT2D eigenvalue weighted by atomic mass is 35.5. The molecule has 4 aromatic rings. The van der Waals surface area contributed by atoms with Crippen LogP contribution in [0.1, 0.15) is 92.2 Å². The Labute approximate surface area is 451 Å². The molecule has 19 nitrogen and oxygen atoms in total. The quantitative estimate of drug-likeness (QED) is 0.118. The molecule has 10 rings (SSSR count). The lowest BCUT2D eigenvalue weighted by Crippen LogP contribution is -2.61. The molecule has 7 heterocycles. The predicted octanol–water partition coefficient (Wildman–Crippen LogP) is 5.40. The largest absolute Gasteiger partial charge is 0.490 e. The van der Waals surface area contributed by atoms with Crippen LogP contribution in [0.3, 0.4) is 0 Å². The number of carbonyl (C=O) groups is 4. The van der Waals surface area contributed by atoms with Gasteiger partial charge < -0.3 is 48.8 Å². The second kappa shape index (κ2) is 21.1. The maximum Gasteiger partial charge on any atom is 0.415 e. The number of likely N-dealkylation sites (tertiary alicyclic amines) is 1. The van der Waals surface area contributed by atoms with Crippen LogP contribution >= 0.6 is 11.6 Å². The molecule has 1 aliphatic carbocycles. The maximum atomic E-state index is 14.3. The molecule has 3 N–H and O–H groups in total. The third-order valence-corrected chi connectivity index (χ3v) is 16.6. The van der Waals surface area contributed by atoms with E-state index in [2.05, 4.69) is 27.6 Å². The molecule has 3 fully saturated rings. The molecule has 0 bridgehead atoms. The molecule has 6 aliphatic rings. The summed E-state index contributed by atoms with van der Waals surface area (Å²) < 4.78 is 19.3. The summed E-state index contributed by atoms with van der Waals surface area (Å²) in [5.74, 6) is 3.34. The number of allylic oxidation sites excluding steroid dienone is 2. The molecule has 20 heteroatoms. The van der Waals surface area contributed by atoms with E-state index >= 15 is 0 Å². The van der Waals surface area contributed by atoms with Gasteiger partial charge in [0.25, 0.3) is 11.5 Å². The Kier molecular flexibility index (Phi) is 14.5. The summed E-state index contributed by atoms with van der Waals surface area (Å²) in [5.41, 5.74) is 6.32. The van der Waals surface area contributed by atoms with Gasteiger partial charge in [-0.05, 0) is 121 Å². The molecule has 77 heavy (non-hydrogen) atoms. The Hall–Kier alpha value is -7.58. The number of esters is 1. The van der Waals surface area contributed by atoms with E-state index in [0.29, 0.717) is 82.7 Å². The van der Waals surface area contributed by atoms with Gasteiger partial charge in [-0.25, -0.2) is 14.6 Å². The summed E-state index contributed by atoms with van der Waals surface area (Å²) in [4.78, 5) is 80.9. The molecular formula is C57H63ClN10O9. The minimum Gasteiger partial charge on any atom is -0.490 e. The van der Waals surface area contributed by atoms with E-state index in [1.54, 1.807) is 56.6 Å². The van der Waals surface area contributed by atoms with Crippen LogP contribution < -0.4 is 25.8 Å². The Morgan fingerprint density at radius 2 is 1.78 bits per heavy atom. The SMILES string of the molecule is C#C[C@H]1CN(C(=O)Oc2ccc3nc4c(cc3c2CN(C)C)Cn2c-4cc3c(c2=O)COC(=O)[C@]3(O)CC)[C@H](C)CN1C(=O)C1CCN(C2=CC=C(C(=O)NC3CCC(Oc4ccc(C#N)c(Cl)c4C)CC3)N(C)N2)CC1. The lowest BCUT2D eigenvalue weighted by Gasteiger charge is -2.45. The van der Waals surface area contributed by atoms with Crippen molar-refractivity contribution in [1.82, 2.24) is 44.9 Å². The average molecular weight is 1070 g/mol. The van der Waals surface area contributed by atoms with Gasteiger partial charge in [0.05, 0.1) is 58.3 Å². The number of hydrogen-bond donors (Lipinski definition) is 3. The van der Waals surface area contributed by atoms with Crippen LogP contribution in [0.5, 0.6) is 11.5 Å². The number of aromatic nitrogens is 2. The number of nitriles is 1. The predicted molar refractivity (Wildman–Crippen MR) is 286 cm³/mol. The van der Waals surface area contributed by atoms with Crippen LogP contribution in [-0.4, -0.2) is 135 Å². The van der Waals surface area contributed by atoms with Crippen molar-refractivity contribution in [2.24, 2.45) is 5.92 Å². The van der Waals surface area contributed by atoms with Gasteiger partial charge in [0, 0.05) is 72.8 Å². The van der Waals surface area contributed by atoms with Crippen LogP contribution in [-0.2, 0) is 44.4 Å². The highest BCUT2D eigenvalue weighted by molar-refractivity contribution is 6.32. The molecule has 2 saturated heterocycles. The summed E-state index contributed by atoms with van der Waals surface area (Å²) in [5, 5.41) is 26.7. The molecule has 0 unspecified atom stereocenters. The van der Waals surface area contributed by atoms with E-state index in [4.69, 9.17) is 37.2 Å². The van der Waals surface area contributed by atoms with Gasteiger partial charge in [0.1, 0.15) is 41.7 Å². The molecule has 0 radical (unpaired) electrons. The Morgan fingerprint density at radius 1 is 1.04 bits per heavy atom. The first-order chi connectivity index (χ1) is 36.9. The number of fused-ring (bicyclic) bond motifs is 5. The van der Waals surface area contributed by atoms with Crippen molar-refractivity contribution in [1.29, 1.82) is 5.26 Å². The van der Waals surface area contributed by atoms with E-state index in [1.807, 2.05) is 58.1 Å². The Bertz CT molecular complexity index is 3310. The number of nitrogens with zero attached hydrogens (tertiary/aromatic N) is 8. The molecule has 3 amide bonds. The van der Waals surface area contributed by atoms with Gasteiger partial charge in [0.2, 0.25) is 5.91 Å². The number of ether oxygens (including phenoxy) is 3. The fraction of sp³-hybridized carbons (Fsp3) is 0.456. The van der Waals surface area contributed by atoms with Gasteiger partial charge >= 0.3 is 12.1 Å². The molecule has 2 aromatic heterocycles. The number of rotatable bonds is 10. The number of piperazine rings is 1. The molecule has 5 aliphatic heterocycles. The van der Waals surface area contributed by atoms with Crippen molar-refractivity contribution >= 4 is 46.4 Å². The molecule has 402 valence electrons. The van der Waals surface area contributed by atoms with Crippen LogP contribution in [0.25, 0.3) is 22.3 Å². The average Bonchev–Trinajstić information content (AvgIpc) is 3.80. The number of hydrazine groups is 1. The van der Waals surface area contributed by atoms with Gasteiger partial charge in [-0.1, -0.05) is 24.4 Å². The number of halogens is 1. The van der Waals surface area contributed by atoms with Gasteiger partial charge in [-0.15, -0.1) is 6.42 Å². The second-order valence-corrected chi connectivity index (χ2v) is 21.6. The number of hydrogen-bond acceptors (Lipinski definition) is 15. The number of pyridine rings is 2. The van der Waals surface area contributed by atoms with Gasteiger partial charge in [0.15, 0.2) is 5.60 Å². The summed E-state index contributed by atoms with van der Waals surface area (Å²) in [7, 11) is 5.62. The number of benzene rings is 2.